The lowest BCUT2D eigenvalue weighted by atomic mass is 9.94. The van der Waals surface area contributed by atoms with Crippen LogP contribution in [0.2, 0.25) is 5.54 Å². The van der Waals surface area contributed by atoms with Crippen molar-refractivity contribution in [1.82, 2.24) is 0 Å². The summed E-state index contributed by atoms with van der Waals surface area (Å²) in [6, 6.07) is 54.2. The van der Waals surface area contributed by atoms with Crippen LogP contribution in [0.25, 0.3) is 28.3 Å². The zero-order valence-electron chi connectivity index (χ0n) is 28.7. The van der Waals surface area contributed by atoms with E-state index in [4.69, 9.17) is 4.42 Å². The Labute approximate surface area is 292 Å². The fourth-order valence-electron chi connectivity index (χ4n) is 8.46. The highest BCUT2D eigenvalue weighted by atomic mass is 28.3. The maximum Gasteiger partial charge on any atom is 0.140 e. The first-order valence-electron chi connectivity index (χ1n) is 17.5. The van der Waals surface area contributed by atoms with Crippen molar-refractivity contribution in [1.29, 1.82) is 0 Å². The van der Waals surface area contributed by atoms with Crippen molar-refractivity contribution in [2.24, 2.45) is 0 Å². The third kappa shape index (κ3) is 5.32. The number of rotatable bonds is 8. The molecule has 240 valence electrons. The molecule has 0 radical (unpaired) electrons. The van der Waals surface area contributed by atoms with E-state index in [9.17, 15) is 0 Å². The van der Waals surface area contributed by atoms with Crippen LogP contribution in [0.1, 0.15) is 66.0 Å². The molecule has 1 nitrogen and oxygen atoms in total. The van der Waals surface area contributed by atoms with Gasteiger partial charge in [-0.3, -0.25) is 0 Å². The Hall–Kier alpha value is -5.18. The third-order valence-electron chi connectivity index (χ3n) is 10.8. The molecule has 0 saturated heterocycles. The summed E-state index contributed by atoms with van der Waals surface area (Å²) in [5.41, 5.74) is 12.2. The van der Waals surface area contributed by atoms with Crippen LogP contribution >= 0.6 is 0 Å². The van der Waals surface area contributed by atoms with Crippen LogP contribution in [0.4, 0.5) is 0 Å². The van der Waals surface area contributed by atoms with E-state index in [0.29, 0.717) is 5.92 Å². The fourth-order valence-corrected chi connectivity index (χ4v) is 14.7. The summed E-state index contributed by atoms with van der Waals surface area (Å²) < 4.78 is 6.59. The Morgan fingerprint density at radius 3 is 1.82 bits per heavy atom. The summed E-state index contributed by atoms with van der Waals surface area (Å²) in [4.78, 5) is 0. The summed E-state index contributed by atoms with van der Waals surface area (Å²) in [5, 5.41) is 2.87. The quantitative estimate of drug-likeness (QED) is 0.149. The summed E-state index contributed by atoms with van der Waals surface area (Å²) in [5.74, 6) is 2.40. The van der Waals surface area contributed by atoms with Crippen LogP contribution in [0.5, 0.6) is 0 Å². The van der Waals surface area contributed by atoms with Crippen molar-refractivity contribution < 1.29 is 4.42 Å². The maximum atomic E-state index is 6.59. The van der Waals surface area contributed by atoms with Gasteiger partial charge in [0.1, 0.15) is 19.6 Å². The SMILES string of the molecule is CC1=CC(c2ccccc2)=CC1[Si](c1ccccc1)(c1ccccc1)C1C(c2ccc(C)o2)=Cc2c(-c3ccc(C(C)C)cc3)cccc21. The van der Waals surface area contributed by atoms with Crippen molar-refractivity contribution in [2.45, 2.75) is 44.7 Å². The summed E-state index contributed by atoms with van der Waals surface area (Å²) >= 11 is 0. The van der Waals surface area contributed by atoms with Crippen LogP contribution in [0.3, 0.4) is 0 Å². The number of hydrogen-bond acceptors (Lipinski definition) is 1. The minimum atomic E-state index is -2.83. The minimum Gasteiger partial charge on any atom is -0.462 e. The largest absolute Gasteiger partial charge is 0.462 e. The zero-order valence-corrected chi connectivity index (χ0v) is 29.7. The Bertz CT molecular complexity index is 2160. The molecule has 2 aliphatic rings. The van der Waals surface area contributed by atoms with Crippen molar-refractivity contribution >= 4 is 35.7 Å². The number of aryl methyl sites for hydroxylation is 1. The minimum absolute atomic E-state index is 0.104. The molecule has 0 fully saturated rings. The summed E-state index contributed by atoms with van der Waals surface area (Å²) in [6.07, 6.45) is 7.50. The second-order valence-electron chi connectivity index (χ2n) is 14.0. The van der Waals surface area contributed by atoms with E-state index in [2.05, 4.69) is 192 Å². The monoisotopic (exact) mass is 650 g/mol. The van der Waals surface area contributed by atoms with Gasteiger partial charge in [0.15, 0.2) is 0 Å². The lowest BCUT2D eigenvalue weighted by Gasteiger charge is -2.44. The Morgan fingerprint density at radius 2 is 1.22 bits per heavy atom. The molecular weight excluding hydrogens is 609 g/mol. The van der Waals surface area contributed by atoms with E-state index < -0.39 is 8.07 Å². The molecule has 2 heteroatoms. The third-order valence-corrected chi connectivity index (χ3v) is 16.5. The van der Waals surface area contributed by atoms with Crippen LogP contribution < -0.4 is 10.4 Å². The van der Waals surface area contributed by atoms with E-state index in [0.717, 1.165) is 11.5 Å². The van der Waals surface area contributed by atoms with Crippen LogP contribution in [-0.4, -0.2) is 8.07 Å². The molecule has 2 atom stereocenters. The molecule has 49 heavy (non-hydrogen) atoms. The number of allylic oxidation sites excluding steroid dienone is 5. The van der Waals surface area contributed by atoms with E-state index in [1.54, 1.807) is 0 Å². The number of fused-ring (bicyclic) bond motifs is 1. The summed E-state index contributed by atoms with van der Waals surface area (Å²) in [7, 11) is -2.83. The molecule has 0 aliphatic heterocycles. The molecule has 0 amide bonds. The van der Waals surface area contributed by atoms with E-state index in [-0.39, 0.29) is 11.1 Å². The van der Waals surface area contributed by atoms with E-state index in [1.165, 1.54) is 60.5 Å². The fraction of sp³-hybridized carbons (Fsp3) is 0.149. The van der Waals surface area contributed by atoms with Gasteiger partial charge in [0.05, 0.1) is 0 Å². The first-order valence-corrected chi connectivity index (χ1v) is 19.7. The Kier molecular flexibility index (Phi) is 8.05. The highest BCUT2D eigenvalue weighted by Gasteiger charge is 2.55. The van der Waals surface area contributed by atoms with E-state index in [1.807, 2.05) is 0 Å². The molecule has 0 spiro atoms. The average Bonchev–Trinajstić information content (AvgIpc) is 3.87. The second kappa shape index (κ2) is 12.7. The van der Waals surface area contributed by atoms with Gasteiger partial charge in [-0.15, -0.1) is 0 Å². The van der Waals surface area contributed by atoms with Crippen molar-refractivity contribution in [3.8, 4) is 11.1 Å². The molecule has 1 aromatic heterocycles. The molecule has 8 rings (SSSR count). The van der Waals surface area contributed by atoms with Crippen LogP contribution in [-0.2, 0) is 0 Å². The van der Waals surface area contributed by atoms with Crippen molar-refractivity contribution in [2.75, 3.05) is 0 Å². The maximum absolute atomic E-state index is 6.59. The standard InChI is InChI=1S/C47H42OSi/c1-32(2)35-24-26-37(27-25-35)41-21-14-22-42-43(41)31-44(45-28-23-34(4)48-45)47(42)49(39-17-10-6-11-18-39,40-19-12-7-13-20-40)46-30-38(29-33(46)3)36-15-8-5-9-16-36/h5-32,46-47H,1-4H3. The van der Waals surface area contributed by atoms with Gasteiger partial charge in [0.2, 0.25) is 0 Å². The number of hydrogen-bond donors (Lipinski definition) is 0. The van der Waals surface area contributed by atoms with Crippen LogP contribution in [0.15, 0.2) is 168 Å². The van der Waals surface area contributed by atoms with Gasteiger partial charge in [-0.05, 0) is 76.9 Å². The highest BCUT2D eigenvalue weighted by molar-refractivity contribution is 7.06. The molecule has 2 unspecified atom stereocenters. The molecule has 5 aromatic carbocycles. The smallest absolute Gasteiger partial charge is 0.140 e. The Balaban J connectivity index is 1.44. The topological polar surface area (TPSA) is 13.1 Å². The predicted octanol–water partition coefficient (Wildman–Crippen LogP) is 11.2. The van der Waals surface area contributed by atoms with Crippen molar-refractivity contribution in [3.05, 3.63) is 197 Å². The molecule has 0 bridgehead atoms. The molecule has 0 N–H and O–H groups in total. The molecular formula is C47H42OSi. The molecule has 1 heterocycles. The Morgan fingerprint density at radius 1 is 0.592 bits per heavy atom. The van der Waals surface area contributed by atoms with Gasteiger partial charge in [0, 0.05) is 16.7 Å². The normalized spacial score (nSPS) is 17.1. The lowest BCUT2D eigenvalue weighted by molar-refractivity contribution is 0.520. The molecule has 6 aromatic rings. The second-order valence-corrected chi connectivity index (χ2v) is 18.1. The van der Waals surface area contributed by atoms with Gasteiger partial charge >= 0.3 is 0 Å². The van der Waals surface area contributed by atoms with Crippen LogP contribution in [0, 0.1) is 6.92 Å². The first kappa shape index (κ1) is 31.1. The predicted molar refractivity (Wildman–Crippen MR) is 210 cm³/mol. The number of furan rings is 1. The molecule has 2 aliphatic carbocycles. The summed E-state index contributed by atoms with van der Waals surface area (Å²) in [6.45, 7) is 8.93. The number of benzene rings is 5. The zero-order chi connectivity index (χ0) is 33.5. The highest BCUT2D eigenvalue weighted by Crippen LogP contribution is 2.55. The first-order chi connectivity index (χ1) is 23.9. The van der Waals surface area contributed by atoms with Gasteiger partial charge in [-0.25, -0.2) is 0 Å². The van der Waals surface area contributed by atoms with Crippen molar-refractivity contribution in [3.63, 3.8) is 0 Å². The van der Waals surface area contributed by atoms with Gasteiger partial charge in [-0.2, -0.15) is 0 Å². The average molecular weight is 651 g/mol. The van der Waals surface area contributed by atoms with Gasteiger partial charge < -0.3 is 4.42 Å². The van der Waals surface area contributed by atoms with Gasteiger partial charge in [0.25, 0.3) is 0 Å². The van der Waals surface area contributed by atoms with Gasteiger partial charge in [-0.1, -0.05) is 175 Å². The van der Waals surface area contributed by atoms with E-state index >= 15 is 0 Å². The lowest BCUT2D eigenvalue weighted by Crippen LogP contribution is -2.65. The molecule has 0 saturated carbocycles.